The Morgan fingerprint density at radius 1 is 1.15 bits per heavy atom. The Hall–Kier alpha value is -3.07. The van der Waals surface area contributed by atoms with E-state index in [1.54, 1.807) is 24.3 Å². The van der Waals surface area contributed by atoms with Gasteiger partial charge in [0.15, 0.2) is 0 Å². The van der Waals surface area contributed by atoms with Crippen LogP contribution >= 0.6 is 11.6 Å². The van der Waals surface area contributed by atoms with Crippen LogP contribution in [0.25, 0.3) is 10.9 Å². The Morgan fingerprint density at radius 2 is 1.94 bits per heavy atom. The molecule has 0 radical (unpaired) electrons. The third-order valence-corrected chi connectivity index (χ3v) is 6.13. The molecule has 2 atom stereocenters. The van der Waals surface area contributed by atoms with Gasteiger partial charge in [-0.3, -0.25) is 9.69 Å². The van der Waals surface area contributed by atoms with E-state index in [0.29, 0.717) is 40.3 Å². The maximum absolute atomic E-state index is 13.5. The number of ether oxygens (including phenoxy) is 1. The van der Waals surface area contributed by atoms with Gasteiger partial charge in [-0.1, -0.05) is 17.7 Å². The Balaban J connectivity index is 1.26. The summed E-state index contributed by atoms with van der Waals surface area (Å²) >= 11 is 5.88. The number of carbonyl (C=O) groups excluding carboxylic acids is 1. The normalized spacial score (nSPS) is 20.4. The first-order valence-electron chi connectivity index (χ1n) is 10.9. The lowest BCUT2D eigenvalue weighted by molar-refractivity contribution is -0.111. The summed E-state index contributed by atoms with van der Waals surface area (Å²) in [4.78, 5) is 23.3. The van der Waals surface area contributed by atoms with E-state index in [1.165, 1.54) is 18.5 Å². The smallest absolute Gasteiger partial charge is 0.248 e. The standard InChI is InChI=1S/C24H23ClFN5O2/c25-20-11-16(3-7-21(20)26)30-24-19-10-15(4-8-22(19)27-14-28-24)29-23(32)2-1-9-31-12-17-5-6-18(13-31)33-17/h1-4,7-8,10-11,14,17-18H,5-6,9,12-13H2,(H,29,32)(H,27,28,30). The fourth-order valence-corrected chi connectivity index (χ4v) is 4.47. The first kappa shape index (κ1) is 21.8. The maximum atomic E-state index is 13.5. The van der Waals surface area contributed by atoms with Crippen molar-refractivity contribution in [1.82, 2.24) is 14.9 Å². The SMILES string of the molecule is O=C(C=CCN1CC2CCC(C1)O2)Nc1ccc2ncnc(Nc3ccc(F)c(Cl)c3)c2c1. The first-order valence-corrected chi connectivity index (χ1v) is 11.2. The Kier molecular flexibility index (Phi) is 6.22. The van der Waals surface area contributed by atoms with Crippen LogP contribution in [-0.2, 0) is 9.53 Å². The molecule has 0 saturated carbocycles. The van der Waals surface area contributed by atoms with E-state index < -0.39 is 5.82 Å². The van der Waals surface area contributed by atoms with Gasteiger partial charge in [0.2, 0.25) is 5.91 Å². The average Bonchev–Trinajstić information content (AvgIpc) is 3.14. The highest BCUT2D eigenvalue weighted by Crippen LogP contribution is 2.28. The number of fused-ring (bicyclic) bond motifs is 3. The van der Waals surface area contributed by atoms with Gasteiger partial charge in [-0.25, -0.2) is 14.4 Å². The molecule has 1 amide bonds. The molecule has 2 aliphatic heterocycles. The van der Waals surface area contributed by atoms with E-state index in [2.05, 4.69) is 25.5 Å². The molecule has 5 rings (SSSR count). The number of halogens is 2. The van der Waals surface area contributed by atoms with Crippen LogP contribution in [0.5, 0.6) is 0 Å². The van der Waals surface area contributed by atoms with Crippen LogP contribution in [0, 0.1) is 5.82 Å². The number of likely N-dealkylation sites (tertiary alicyclic amines) is 1. The quantitative estimate of drug-likeness (QED) is 0.519. The van der Waals surface area contributed by atoms with E-state index in [4.69, 9.17) is 16.3 Å². The summed E-state index contributed by atoms with van der Waals surface area (Å²) < 4.78 is 19.3. The minimum absolute atomic E-state index is 0.0165. The van der Waals surface area contributed by atoms with Gasteiger partial charge >= 0.3 is 0 Å². The number of amides is 1. The number of hydrogen-bond acceptors (Lipinski definition) is 6. The highest BCUT2D eigenvalue weighted by atomic mass is 35.5. The summed E-state index contributed by atoms with van der Waals surface area (Å²) in [5.74, 6) is -0.174. The monoisotopic (exact) mass is 467 g/mol. The molecule has 0 spiro atoms. The third kappa shape index (κ3) is 5.13. The van der Waals surface area contributed by atoms with Crippen LogP contribution in [0.4, 0.5) is 21.6 Å². The van der Waals surface area contributed by atoms with Gasteiger partial charge in [-0.15, -0.1) is 0 Å². The van der Waals surface area contributed by atoms with Gasteiger partial charge in [0, 0.05) is 42.5 Å². The van der Waals surface area contributed by atoms with Crippen molar-refractivity contribution in [3.8, 4) is 0 Å². The molecule has 2 aliphatic rings. The largest absolute Gasteiger partial charge is 0.372 e. The molecule has 3 aromatic rings. The summed E-state index contributed by atoms with van der Waals surface area (Å²) in [6.07, 6.45) is 7.80. The number of nitrogens with zero attached hydrogens (tertiary/aromatic N) is 3. The van der Waals surface area contributed by atoms with Crippen molar-refractivity contribution < 1.29 is 13.9 Å². The molecule has 2 saturated heterocycles. The topological polar surface area (TPSA) is 79.4 Å². The molecule has 170 valence electrons. The predicted octanol–water partition coefficient (Wildman–Crippen LogP) is 4.52. The minimum Gasteiger partial charge on any atom is -0.372 e. The van der Waals surface area contributed by atoms with Crippen LogP contribution in [0.2, 0.25) is 5.02 Å². The van der Waals surface area contributed by atoms with Crippen LogP contribution < -0.4 is 10.6 Å². The molecule has 2 fully saturated rings. The maximum Gasteiger partial charge on any atom is 0.248 e. The average molecular weight is 468 g/mol. The second kappa shape index (κ2) is 9.43. The highest BCUT2D eigenvalue weighted by Gasteiger charge is 2.32. The number of benzene rings is 2. The fourth-order valence-electron chi connectivity index (χ4n) is 4.29. The van der Waals surface area contributed by atoms with Gasteiger partial charge in [0.25, 0.3) is 0 Å². The van der Waals surface area contributed by atoms with Gasteiger partial charge in [0.1, 0.15) is 18.0 Å². The molecular formula is C24H23ClFN5O2. The van der Waals surface area contributed by atoms with E-state index in [1.807, 2.05) is 12.1 Å². The summed E-state index contributed by atoms with van der Waals surface area (Å²) in [7, 11) is 0. The lowest BCUT2D eigenvalue weighted by Gasteiger charge is -2.31. The lowest BCUT2D eigenvalue weighted by Crippen LogP contribution is -2.42. The Morgan fingerprint density at radius 3 is 2.73 bits per heavy atom. The number of morpholine rings is 1. The van der Waals surface area contributed by atoms with Crippen molar-refractivity contribution in [2.75, 3.05) is 30.3 Å². The van der Waals surface area contributed by atoms with Crippen molar-refractivity contribution in [3.05, 3.63) is 65.7 Å². The van der Waals surface area contributed by atoms with Gasteiger partial charge < -0.3 is 15.4 Å². The molecule has 2 bridgehead atoms. The van der Waals surface area contributed by atoms with E-state index in [0.717, 1.165) is 32.5 Å². The summed E-state index contributed by atoms with van der Waals surface area (Å²) in [6.45, 7) is 2.56. The van der Waals surface area contributed by atoms with Gasteiger partial charge in [0.05, 0.1) is 22.7 Å². The van der Waals surface area contributed by atoms with Crippen molar-refractivity contribution in [2.24, 2.45) is 0 Å². The van der Waals surface area contributed by atoms with Crippen LogP contribution in [0.15, 0.2) is 54.9 Å². The number of nitrogens with one attached hydrogen (secondary N) is 2. The summed E-state index contributed by atoms with van der Waals surface area (Å²) in [5.41, 5.74) is 1.92. The molecule has 2 N–H and O–H groups in total. The molecule has 7 nitrogen and oxygen atoms in total. The first-order chi connectivity index (χ1) is 16.0. The molecule has 0 aliphatic carbocycles. The summed E-state index contributed by atoms with van der Waals surface area (Å²) in [6, 6.07) is 9.75. The second-order valence-corrected chi connectivity index (χ2v) is 8.68. The molecule has 9 heteroatoms. The van der Waals surface area contributed by atoms with Crippen LogP contribution in [0.3, 0.4) is 0 Å². The van der Waals surface area contributed by atoms with Crippen LogP contribution in [-0.4, -0.2) is 52.6 Å². The zero-order chi connectivity index (χ0) is 22.8. The molecule has 3 heterocycles. The fraction of sp³-hybridized carbons (Fsp3) is 0.292. The molecule has 1 aromatic heterocycles. The molecular weight excluding hydrogens is 445 g/mol. The highest BCUT2D eigenvalue weighted by molar-refractivity contribution is 6.31. The molecule has 33 heavy (non-hydrogen) atoms. The van der Waals surface area contributed by atoms with E-state index >= 15 is 0 Å². The van der Waals surface area contributed by atoms with Crippen molar-refractivity contribution >= 4 is 45.6 Å². The van der Waals surface area contributed by atoms with Gasteiger partial charge in [-0.05, 0) is 49.2 Å². The van der Waals surface area contributed by atoms with E-state index in [-0.39, 0.29) is 10.9 Å². The van der Waals surface area contributed by atoms with Crippen LogP contribution in [0.1, 0.15) is 12.8 Å². The number of aromatic nitrogens is 2. The third-order valence-electron chi connectivity index (χ3n) is 5.84. The minimum atomic E-state index is -0.492. The summed E-state index contributed by atoms with van der Waals surface area (Å²) in [5, 5.41) is 6.75. The second-order valence-electron chi connectivity index (χ2n) is 8.28. The van der Waals surface area contributed by atoms with Crippen molar-refractivity contribution in [3.63, 3.8) is 0 Å². The Bertz CT molecular complexity index is 1210. The zero-order valence-electron chi connectivity index (χ0n) is 17.8. The molecule has 2 unspecified atom stereocenters. The number of rotatable bonds is 6. The molecule has 2 aromatic carbocycles. The van der Waals surface area contributed by atoms with E-state index in [9.17, 15) is 9.18 Å². The number of hydrogen-bond donors (Lipinski definition) is 2. The van der Waals surface area contributed by atoms with Crippen molar-refractivity contribution in [2.45, 2.75) is 25.0 Å². The zero-order valence-corrected chi connectivity index (χ0v) is 18.6. The Labute approximate surface area is 195 Å². The van der Waals surface area contributed by atoms with Crippen molar-refractivity contribution in [1.29, 1.82) is 0 Å². The predicted molar refractivity (Wildman–Crippen MR) is 126 cm³/mol. The number of carbonyl (C=O) groups is 1. The van der Waals surface area contributed by atoms with Gasteiger partial charge in [-0.2, -0.15) is 0 Å². The number of anilines is 3. The lowest BCUT2D eigenvalue weighted by atomic mass is 10.2.